The summed E-state index contributed by atoms with van der Waals surface area (Å²) in [5.41, 5.74) is 3.79. The van der Waals surface area contributed by atoms with Crippen molar-refractivity contribution < 1.29 is 9.59 Å². The molecular weight excluding hydrogens is 300 g/mol. The van der Waals surface area contributed by atoms with Gasteiger partial charge in [-0.25, -0.2) is 4.90 Å². The van der Waals surface area contributed by atoms with E-state index < -0.39 is 6.04 Å². The van der Waals surface area contributed by atoms with Crippen molar-refractivity contribution in [2.75, 3.05) is 10.2 Å². The number of amides is 2. The van der Waals surface area contributed by atoms with Crippen LogP contribution < -0.4 is 10.2 Å². The average Bonchev–Trinajstić information content (AvgIpc) is 2.89. The summed E-state index contributed by atoms with van der Waals surface area (Å²) in [7, 11) is 0. The van der Waals surface area contributed by atoms with Gasteiger partial charge in [-0.05, 0) is 36.1 Å². The third kappa shape index (κ3) is 2.92. The summed E-state index contributed by atoms with van der Waals surface area (Å²) in [5.74, 6) is -0.320. The number of imide groups is 1. The SMILES string of the molecule is CCc1ccccc1NC1CC(=O)N(c2ccccc2CC)C1=O. The Bertz CT molecular complexity index is 770. The maximum absolute atomic E-state index is 12.8. The molecule has 4 heteroatoms. The highest BCUT2D eigenvalue weighted by Gasteiger charge is 2.40. The van der Waals surface area contributed by atoms with E-state index >= 15 is 0 Å². The Morgan fingerprint density at radius 2 is 1.58 bits per heavy atom. The molecule has 2 aromatic carbocycles. The Hall–Kier alpha value is -2.62. The number of hydrogen-bond donors (Lipinski definition) is 1. The molecule has 0 aromatic heterocycles. The van der Waals surface area contributed by atoms with E-state index in [-0.39, 0.29) is 18.2 Å². The van der Waals surface area contributed by atoms with Gasteiger partial charge in [0.15, 0.2) is 0 Å². The van der Waals surface area contributed by atoms with Gasteiger partial charge in [0.05, 0.1) is 12.1 Å². The van der Waals surface area contributed by atoms with Crippen LogP contribution in [0, 0.1) is 0 Å². The number of carbonyl (C=O) groups is 2. The van der Waals surface area contributed by atoms with Gasteiger partial charge in [0.2, 0.25) is 5.91 Å². The summed E-state index contributed by atoms with van der Waals surface area (Å²) in [6, 6.07) is 15.0. The van der Waals surface area contributed by atoms with Crippen molar-refractivity contribution in [1.29, 1.82) is 0 Å². The maximum atomic E-state index is 12.8. The lowest BCUT2D eigenvalue weighted by molar-refractivity contribution is -0.121. The zero-order chi connectivity index (χ0) is 17.1. The van der Waals surface area contributed by atoms with Crippen molar-refractivity contribution in [2.24, 2.45) is 0 Å². The van der Waals surface area contributed by atoms with Crippen LogP contribution in [0.15, 0.2) is 48.5 Å². The zero-order valence-electron chi connectivity index (χ0n) is 14.1. The third-order valence-corrected chi connectivity index (χ3v) is 4.49. The molecule has 2 aromatic rings. The first-order valence-electron chi connectivity index (χ1n) is 8.44. The average molecular weight is 322 g/mol. The van der Waals surface area contributed by atoms with Gasteiger partial charge in [-0.2, -0.15) is 0 Å². The number of anilines is 2. The number of rotatable bonds is 5. The molecule has 1 unspecified atom stereocenters. The van der Waals surface area contributed by atoms with Crippen molar-refractivity contribution in [3.05, 3.63) is 59.7 Å². The van der Waals surface area contributed by atoms with E-state index in [0.29, 0.717) is 5.69 Å². The second-order valence-corrected chi connectivity index (χ2v) is 5.96. The van der Waals surface area contributed by atoms with Gasteiger partial charge in [0.25, 0.3) is 5.91 Å². The molecule has 0 spiro atoms. The highest BCUT2D eigenvalue weighted by Crippen LogP contribution is 2.29. The molecule has 1 heterocycles. The first-order chi connectivity index (χ1) is 11.7. The molecule has 1 aliphatic heterocycles. The van der Waals surface area contributed by atoms with Gasteiger partial charge in [0.1, 0.15) is 6.04 Å². The molecule has 1 aliphatic rings. The van der Waals surface area contributed by atoms with Crippen molar-refractivity contribution in [1.82, 2.24) is 0 Å². The standard InChI is InChI=1S/C20H22N2O2/c1-3-14-9-5-7-11-16(14)21-17-13-19(23)22(20(17)24)18-12-8-6-10-15(18)4-2/h5-12,17,21H,3-4,13H2,1-2H3. The van der Waals surface area contributed by atoms with Gasteiger partial charge in [0, 0.05) is 5.69 Å². The van der Waals surface area contributed by atoms with Crippen LogP contribution in [0.1, 0.15) is 31.4 Å². The fraction of sp³-hybridized carbons (Fsp3) is 0.300. The Labute approximate surface area is 142 Å². The molecule has 0 aliphatic carbocycles. The Kier molecular flexibility index (Phi) is 4.65. The first-order valence-corrected chi connectivity index (χ1v) is 8.44. The molecule has 0 radical (unpaired) electrons. The maximum Gasteiger partial charge on any atom is 0.256 e. The molecule has 1 atom stereocenters. The predicted octanol–water partition coefficient (Wildman–Crippen LogP) is 3.56. The zero-order valence-corrected chi connectivity index (χ0v) is 14.1. The van der Waals surface area contributed by atoms with Crippen molar-refractivity contribution in [2.45, 2.75) is 39.2 Å². The molecule has 4 nitrogen and oxygen atoms in total. The fourth-order valence-electron chi connectivity index (χ4n) is 3.18. The smallest absolute Gasteiger partial charge is 0.256 e. The summed E-state index contributed by atoms with van der Waals surface area (Å²) >= 11 is 0. The van der Waals surface area contributed by atoms with Crippen molar-refractivity contribution >= 4 is 23.2 Å². The summed E-state index contributed by atoms with van der Waals surface area (Å²) in [6.45, 7) is 4.10. The molecule has 1 saturated heterocycles. The lowest BCUT2D eigenvalue weighted by Crippen LogP contribution is -2.35. The van der Waals surface area contributed by atoms with Gasteiger partial charge < -0.3 is 5.32 Å². The number of nitrogens with one attached hydrogen (secondary N) is 1. The third-order valence-electron chi connectivity index (χ3n) is 4.49. The van der Waals surface area contributed by atoms with Gasteiger partial charge >= 0.3 is 0 Å². The number of benzene rings is 2. The number of aryl methyl sites for hydroxylation is 2. The van der Waals surface area contributed by atoms with Crippen LogP contribution in [0.2, 0.25) is 0 Å². The van der Waals surface area contributed by atoms with Crippen LogP contribution in [0.4, 0.5) is 11.4 Å². The number of carbonyl (C=O) groups excluding carboxylic acids is 2. The predicted molar refractivity (Wildman–Crippen MR) is 96.2 cm³/mol. The van der Waals surface area contributed by atoms with Crippen molar-refractivity contribution in [3.8, 4) is 0 Å². The van der Waals surface area contributed by atoms with E-state index in [9.17, 15) is 9.59 Å². The number of para-hydroxylation sites is 2. The Morgan fingerprint density at radius 3 is 2.29 bits per heavy atom. The van der Waals surface area contributed by atoms with Crippen LogP contribution in [-0.2, 0) is 22.4 Å². The minimum Gasteiger partial charge on any atom is -0.373 e. The van der Waals surface area contributed by atoms with Crippen LogP contribution >= 0.6 is 0 Å². The summed E-state index contributed by atoms with van der Waals surface area (Å²) in [6.07, 6.45) is 1.85. The highest BCUT2D eigenvalue weighted by atomic mass is 16.2. The van der Waals surface area contributed by atoms with Gasteiger partial charge in [-0.3, -0.25) is 9.59 Å². The lowest BCUT2D eigenvalue weighted by atomic mass is 10.1. The van der Waals surface area contributed by atoms with Gasteiger partial charge in [-0.1, -0.05) is 50.2 Å². The normalized spacial score (nSPS) is 17.4. The Balaban J connectivity index is 1.87. The summed E-state index contributed by atoms with van der Waals surface area (Å²) in [5, 5.41) is 3.27. The van der Waals surface area contributed by atoms with Gasteiger partial charge in [-0.15, -0.1) is 0 Å². The number of nitrogens with zero attached hydrogens (tertiary/aromatic N) is 1. The molecule has 0 bridgehead atoms. The summed E-state index contributed by atoms with van der Waals surface area (Å²) < 4.78 is 0. The van der Waals surface area contributed by atoms with E-state index in [1.165, 1.54) is 4.90 Å². The molecule has 2 amide bonds. The molecule has 124 valence electrons. The minimum absolute atomic E-state index is 0.146. The van der Waals surface area contributed by atoms with E-state index in [2.05, 4.69) is 12.2 Å². The molecule has 0 saturated carbocycles. The minimum atomic E-state index is -0.505. The molecule has 24 heavy (non-hydrogen) atoms. The Morgan fingerprint density at radius 1 is 0.958 bits per heavy atom. The molecular formula is C20H22N2O2. The molecule has 3 rings (SSSR count). The fourth-order valence-corrected chi connectivity index (χ4v) is 3.18. The summed E-state index contributed by atoms with van der Waals surface area (Å²) in [4.78, 5) is 26.6. The lowest BCUT2D eigenvalue weighted by Gasteiger charge is -2.19. The molecule has 1 fully saturated rings. The van der Waals surface area contributed by atoms with E-state index in [4.69, 9.17) is 0 Å². The first kappa shape index (κ1) is 16.2. The quantitative estimate of drug-likeness (QED) is 0.856. The van der Waals surface area contributed by atoms with Crippen LogP contribution in [-0.4, -0.2) is 17.9 Å². The van der Waals surface area contributed by atoms with Crippen LogP contribution in [0.25, 0.3) is 0 Å². The number of hydrogen-bond acceptors (Lipinski definition) is 3. The van der Waals surface area contributed by atoms with Crippen LogP contribution in [0.3, 0.4) is 0 Å². The van der Waals surface area contributed by atoms with E-state index in [0.717, 1.165) is 29.7 Å². The topological polar surface area (TPSA) is 49.4 Å². The second kappa shape index (κ2) is 6.87. The second-order valence-electron chi connectivity index (χ2n) is 5.96. The van der Waals surface area contributed by atoms with E-state index in [1.807, 2.05) is 55.5 Å². The van der Waals surface area contributed by atoms with Crippen molar-refractivity contribution in [3.63, 3.8) is 0 Å². The monoisotopic (exact) mass is 322 g/mol. The largest absolute Gasteiger partial charge is 0.373 e. The van der Waals surface area contributed by atoms with E-state index in [1.54, 1.807) is 0 Å². The molecule has 1 N–H and O–H groups in total. The van der Waals surface area contributed by atoms with Crippen LogP contribution in [0.5, 0.6) is 0 Å². The highest BCUT2D eigenvalue weighted by molar-refractivity contribution is 6.23.